The van der Waals surface area contributed by atoms with Crippen LogP contribution in [0.1, 0.15) is 27.7 Å². The zero-order valence-electron chi connectivity index (χ0n) is 12.2. The molecule has 1 heterocycles. The Hall–Kier alpha value is -1.85. The van der Waals surface area contributed by atoms with Crippen molar-refractivity contribution >= 4 is 17.3 Å². The monoisotopic (exact) mass is 266 g/mol. The van der Waals surface area contributed by atoms with Gasteiger partial charge in [-0.3, -0.25) is 10.1 Å². The van der Waals surface area contributed by atoms with E-state index >= 15 is 0 Å². The number of aromatic nitrogens is 1. The van der Waals surface area contributed by atoms with Crippen molar-refractivity contribution in [3.05, 3.63) is 22.2 Å². The number of nitrogens with one attached hydrogen (secondary N) is 2. The lowest BCUT2D eigenvalue weighted by Gasteiger charge is -2.29. The average molecular weight is 266 g/mol. The SMILES string of the molecule is CNc1cc([N+](=O)[O-])cc(NCC(C)(C)C(C)C)n1. The second-order valence-corrected chi connectivity index (χ2v) is 5.60. The molecule has 1 aromatic rings. The summed E-state index contributed by atoms with van der Waals surface area (Å²) in [5.41, 5.74) is 0.121. The first-order chi connectivity index (χ1) is 8.76. The fourth-order valence-corrected chi connectivity index (χ4v) is 1.36. The Morgan fingerprint density at radius 1 is 1.37 bits per heavy atom. The van der Waals surface area contributed by atoms with Crippen LogP contribution in [-0.4, -0.2) is 23.5 Å². The van der Waals surface area contributed by atoms with Crippen LogP contribution in [0, 0.1) is 21.4 Å². The molecule has 1 rings (SSSR count). The van der Waals surface area contributed by atoms with Gasteiger partial charge in [-0.1, -0.05) is 27.7 Å². The van der Waals surface area contributed by atoms with Gasteiger partial charge in [0.15, 0.2) is 0 Å². The zero-order chi connectivity index (χ0) is 14.6. The number of hydrogen-bond donors (Lipinski definition) is 2. The molecule has 0 unspecified atom stereocenters. The quantitative estimate of drug-likeness (QED) is 0.610. The van der Waals surface area contributed by atoms with E-state index in [1.807, 2.05) is 0 Å². The summed E-state index contributed by atoms with van der Waals surface area (Å²) >= 11 is 0. The smallest absolute Gasteiger partial charge is 0.276 e. The van der Waals surface area contributed by atoms with E-state index in [9.17, 15) is 10.1 Å². The Morgan fingerprint density at radius 3 is 2.42 bits per heavy atom. The normalized spacial score (nSPS) is 11.5. The molecule has 0 atom stereocenters. The lowest BCUT2D eigenvalue weighted by atomic mass is 9.81. The molecule has 0 aliphatic carbocycles. The third-order valence-corrected chi connectivity index (χ3v) is 3.57. The maximum Gasteiger partial charge on any atom is 0.276 e. The lowest BCUT2D eigenvalue weighted by molar-refractivity contribution is -0.384. The highest BCUT2D eigenvalue weighted by atomic mass is 16.6. The molecular weight excluding hydrogens is 244 g/mol. The minimum absolute atomic E-state index is 0.0317. The van der Waals surface area contributed by atoms with Crippen LogP contribution in [-0.2, 0) is 0 Å². The van der Waals surface area contributed by atoms with E-state index in [4.69, 9.17) is 0 Å². The molecule has 0 bridgehead atoms. The van der Waals surface area contributed by atoms with E-state index in [0.717, 1.165) is 0 Å². The topological polar surface area (TPSA) is 80.1 Å². The van der Waals surface area contributed by atoms with Crippen LogP contribution >= 0.6 is 0 Å². The third kappa shape index (κ3) is 4.08. The van der Waals surface area contributed by atoms with E-state index in [0.29, 0.717) is 24.1 Å². The highest BCUT2D eigenvalue weighted by Crippen LogP contribution is 2.27. The zero-order valence-corrected chi connectivity index (χ0v) is 12.2. The molecule has 2 N–H and O–H groups in total. The second-order valence-electron chi connectivity index (χ2n) is 5.60. The molecule has 6 nitrogen and oxygen atoms in total. The molecule has 0 aliphatic heterocycles. The molecule has 0 amide bonds. The summed E-state index contributed by atoms with van der Waals surface area (Å²) in [4.78, 5) is 14.7. The Labute approximate surface area is 113 Å². The van der Waals surface area contributed by atoms with Crippen molar-refractivity contribution < 1.29 is 4.92 Å². The molecule has 19 heavy (non-hydrogen) atoms. The predicted molar refractivity (Wildman–Crippen MR) is 77.5 cm³/mol. The van der Waals surface area contributed by atoms with Crippen LogP contribution in [0.15, 0.2) is 12.1 Å². The number of nitro groups is 1. The highest BCUT2D eigenvalue weighted by molar-refractivity contribution is 5.54. The molecule has 106 valence electrons. The van der Waals surface area contributed by atoms with Crippen LogP contribution in [0.4, 0.5) is 17.3 Å². The van der Waals surface area contributed by atoms with E-state index in [-0.39, 0.29) is 11.1 Å². The fourth-order valence-electron chi connectivity index (χ4n) is 1.36. The standard InChI is InChI=1S/C13H22N4O2/c1-9(2)13(3,4)8-15-12-7-10(17(18)19)6-11(14-5)16-12/h6-7,9H,8H2,1-5H3,(H2,14,15,16). The van der Waals surface area contributed by atoms with Crippen LogP contribution in [0.3, 0.4) is 0 Å². The van der Waals surface area contributed by atoms with Gasteiger partial charge in [0.1, 0.15) is 11.6 Å². The maximum absolute atomic E-state index is 10.9. The first kappa shape index (κ1) is 15.2. The highest BCUT2D eigenvalue weighted by Gasteiger charge is 2.22. The third-order valence-electron chi connectivity index (χ3n) is 3.57. The van der Waals surface area contributed by atoms with Crippen LogP contribution < -0.4 is 10.6 Å². The summed E-state index contributed by atoms with van der Waals surface area (Å²) in [5, 5.41) is 16.9. The molecular formula is C13H22N4O2. The van der Waals surface area contributed by atoms with Crippen LogP contribution in [0.5, 0.6) is 0 Å². The van der Waals surface area contributed by atoms with Gasteiger partial charge in [0.2, 0.25) is 0 Å². The number of pyridine rings is 1. The average Bonchev–Trinajstić information content (AvgIpc) is 2.35. The fraction of sp³-hybridized carbons (Fsp3) is 0.615. The molecule has 0 saturated carbocycles. The maximum atomic E-state index is 10.9. The summed E-state index contributed by atoms with van der Waals surface area (Å²) in [6.07, 6.45) is 0. The molecule has 6 heteroatoms. The van der Waals surface area contributed by atoms with Gasteiger partial charge in [0.25, 0.3) is 5.69 Å². The summed E-state index contributed by atoms with van der Waals surface area (Å²) in [5.74, 6) is 1.51. The van der Waals surface area contributed by atoms with Crippen molar-refractivity contribution in [3.63, 3.8) is 0 Å². The summed E-state index contributed by atoms with van der Waals surface area (Å²) in [7, 11) is 1.69. The van der Waals surface area contributed by atoms with Gasteiger partial charge in [0.05, 0.1) is 17.1 Å². The van der Waals surface area contributed by atoms with Gasteiger partial charge < -0.3 is 10.6 Å². The number of rotatable bonds is 6. The Kier molecular flexibility index (Phi) is 4.69. The van der Waals surface area contributed by atoms with Crippen LogP contribution in [0.2, 0.25) is 0 Å². The Balaban J connectivity index is 2.89. The number of hydrogen-bond acceptors (Lipinski definition) is 5. The van der Waals surface area contributed by atoms with E-state index < -0.39 is 4.92 Å². The van der Waals surface area contributed by atoms with Gasteiger partial charge in [-0.2, -0.15) is 0 Å². The first-order valence-electron chi connectivity index (χ1n) is 6.34. The molecule has 1 aromatic heterocycles. The summed E-state index contributed by atoms with van der Waals surface area (Å²) in [6, 6.07) is 2.87. The largest absolute Gasteiger partial charge is 0.373 e. The van der Waals surface area contributed by atoms with Crippen molar-refractivity contribution in [1.82, 2.24) is 4.98 Å². The molecule has 0 saturated heterocycles. The summed E-state index contributed by atoms with van der Waals surface area (Å²) in [6.45, 7) is 9.33. The van der Waals surface area contributed by atoms with Crippen molar-refractivity contribution in [2.24, 2.45) is 11.3 Å². The Bertz CT molecular complexity index is 458. The number of anilines is 2. The van der Waals surface area contributed by atoms with Crippen molar-refractivity contribution in [3.8, 4) is 0 Å². The predicted octanol–water partition coefficient (Wildman–Crippen LogP) is 3.13. The number of nitrogens with zero attached hydrogens (tertiary/aromatic N) is 2. The van der Waals surface area contributed by atoms with Crippen molar-refractivity contribution in [2.75, 3.05) is 24.2 Å². The van der Waals surface area contributed by atoms with Gasteiger partial charge in [-0.25, -0.2) is 4.98 Å². The summed E-state index contributed by atoms with van der Waals surface area (Å²) < 4.78 is 0. The minimum atomic E-state index is -0.415. The minimum Gasteiger partial charge on any atom is -0.373 e. The first-order valence-corrected chi connectivity index (χ1v) is 6.34. The molecule has 0 aromatic carbocycles. The van der Waals surface area contributed by atoms with E-state index in [1.54, 1.807) is 7.05 Å². The van der Waals surface area contributed by atoms with Crippen molar-refractivity contribution in [1.29, 1.82) is 0 Å². The second kappa shape index (κ2) is 5.86. The Morgan fingerprint density at radius 2 is 1.95 bits per heavy atom. The van der Waals surface area contributed by atoms with Gasteiger partial charge in [-0.05, 0) is 11.3 Å². The molecule has 0 fully saturated rings. The molecule has 0 radical (unpaired) electrons. The van der Waals surface area contributed by atoms with Gasteiger partial charge in [-0.15, -0.1) is 0 Å². The lowest BCUT2D eigenvalue weighted by Crippen LogP contribution is -2.28. The molecule has 0 spiro atoms. The van der Waals surface area contributed by atoms with Gasteiger partial charge in [0, 0.05) is 13.6 Å². The van der Waals surface area contributed by atoms with Crippen LogP contribution in [0.25, 0.3) is 0 Å². The van der Waals surface area contributed by atoms with Crippen molar-refractivity contribution in [2.45, 2.75) is 27.7 Å². The molecule has 0 aliphatic rings. The van der Waals surface area contributed by atoms with Gasteiger partial charge >= 0.3 is 0 Å². The van der Waals surface area contributed by atoms with E-state index in [1.165, 1.54) is 12.1 Å². The van der Waals surface area contributed by atoms with E-state index in [2.05, 4.69) is 43.3 Å².